The van der Waals surface area contributed by atoms with Crippen LogP contribution in [0.1, 0.15) is 84.0 Å². The second kappa shape index (κ2) is 15.0. The van der Waals surface area contributed by atoms with Gasteiger partial charge < -0.3 is 29.9 Å². The molecule has 2 aliphatic rings. The molecule has 12 nitrogen and oxygen atoms in total. The zero-order valence-electron chi connectivity index (χ0n) is 30.4. The molecule has 52 heavy (non-hydrogen) atoms. The summed E-state index contributed by atoms with van der Waals surface area (Å²) in [6.07, 6.45) is 4.16. The maximum atomic E-state index is 15.6. The van der Waals surface area contributed by atoms with Crippen LogP contribution in [-0.2, 0) is 9.47 Å². The van der Waals surface area contributed by atoms with E-state index in [9.17, 15) is 14.7 Å². The minimum atomic E-state index is -0.986. The standard InChI is InChI=1S/C38H47F2N7O5/c1-21(2)32(45-36(49)51-6)35(48)46-15-7-9-30(46)33-41-19-28(43-33)24-13-11-22(17-26(24)39)23-12-14-25(27(40)18-23)29-20-42-34(44-29)31-10-8-16-47(31)37(50)52-38(3,4)5/h11-14,17-21,30-32,35,48H,7-10,15-16H2,1-6H3,(H,41,43)(H,42,44)(H,45,49)/t30-,31-,32-,35?/m0/s1. The zero-order chi connectivity index (χ0) is 37.3. The number of alkyl carbamates (subject to hydrolysis) is 1. The van der Waals surface area contributed by atoms with Crippen LogP contribution in [0, 0.1) is 17.6 Å². The lowest BCUT2D eigenvalue weighted by atomic mass is 10.00. The molecule has 0 bridgehead atoms. The molecule has 6 rings (SSSR count). The van der Waals surface area contributed by atoms with Crippen molar-refractivity contribution in [2.45, 2.75) is 90.3 Å². The number of methoxy groups -OCH3 is 1. The number of aromatic amines is 2. The van der Waals surface area contributed by atoms with E-state index in [0.29, 0.717) is 64.8 Å². The van der Waals surface area contributed by atoms with Crippen molar-refractivity contribution in [1.29, 1.82) is 0 Å². The summed E-state index contributed by atoms with van der Waals surface area (Å²) in [5, 5.41) is 14.0. The Bertz CT molecular complexity index is 1900. The highest BCUT2D eigenvalue weighted by Crippen LogP contribution is 2.37. The van der Waals surface area contributed by atoms with Crippen molar-refractivity contribution in [3.63, 3.8) is 0 Å². The van der Waals surface area contributed by atoms with Crippen molar-refractivity contribution >= 4 is 12.2 Å². The minimum Gasteiger partial charge on any atom is -0.453 e. The summed E-state index contributed by atoms with van der Waals surface area (Å²) in [7, 11) is 1.28. The Morgan fingerprint density at radius 1 is 0.904 bits per heavy atom. The van der Waals surface area contributed by atoms with Gasteiger partial charge in [-0.2, -0.15) is 0 Å². The van der Waals surface area contributed by atoms with Crippen LogP contribution in [0.4, 0.5) is 18.4 Å². The zero-order valence-corrected chi connectivity index (χ0v) is 30.4. The Balaban J connectivity index is 1.16. The smallest absolute Gasteiger partial charge is 0.410 e. The molecule has 4 heterocycles. The van der Waals surface area contributed by atoms with Gasteiger partial charge in [-0.3, -0.25) is 9.80 Å². The number of amides is 2. The monoisotopic (exact) mass is 719 g/mol. The highest BCUT2D eigenvalue weighted by Gasteiger charge is 2.39. The van der Waals surface area contributed by atoms with Gasteiger partial charge in [0.1, 0.15) is 35.1 Å². The number of rotatable bonds is 9. The minimum absolute atomic E-state index is 0.0709. The second-order valence-electron chi connectivity index (χ2n) is 14.8. The number of aromatic nitrogens is 4. The number of aliphatic hydroxyl groups is 1. The van der Waals surface area contributed by atoms with Gasteiger partial charge in [0.25, 0.3) is 0 Å². The Morgan fingerprint density at radius 2 is 1.44 bits per heavy atom. The molecule has 2 aromatic heterocycles. The van der Waals surface area contributed by atoms with E-state index in [-0.39, 0.29) is 18.0 Å². The number of likely N-dealkylation sites (tertiary alicyclic amines) is 2. The summed E-state index contributed by atoms with van der Waals surface area (Å²) in [5.74, 6) is 0.0651. The first kappa shape index (κ1) is 37.0. The number of imidazole rings is 2. The number of H-pyrrole nitrogens is 2. The van der Waals surface area contributed by atoms with Gasteiger partial charge in [0.2, 0.25) is 0 Å². The summed E-state index contributed by atoms with van der Waals surface area (Å²) in [4.78, 5) is 43.7. The Morgan fingerprint density at radius 3 is 1.96 bits per heavy atom. The van der Waals surface area contributed by atoms with Crippen LogP contribution < -0.4 is 5.32 Å². The second-order valence-corrected chi connectivity index (χ2v) is 14.8. The number of aliphatic hydroxyl groups excluding tert-OH is 1. The Labute approximate surface area is 301 Å². The molecule has 0 radical (unpaired) electrons. The van der Waals surface area contributed by atoms with E-state index < -0.39 is 41.7 Å². The van der Waals surface area contributed by atoms with Gasteiger partial charge in [-0.05, 0) is 87.8 Å². The van der Waals surface area contributed by atoms with Crippen LogP contribution in [-0.4, -0.2) is 85.1 Å². The number of hydrogen-bond acceptors (Lipinski definition) is 8. The highest BCUT2D eigenvalue weighted by molar-refractivity contribution is 5.73. The molecule has 0 spiro atoms. The van der Waals surface area contributed by atoms with Crippen molar-refractivity contribution in [3.8, 4) is 33.6 Å². The summed E-state index contributed by atoms with van der Waals surface area (Å²) in [6.45, 7) is 10.4. The molecule has 2 aromatic carbocycles. The SMILES string of the molecule is COC(=O)N[C@@H](C(C)C)C(O)N1CCC[C@H]1c1ncc(-c2ccc(-c3ccc(-c4cnc([C@@H]5CCCN5C(=O)OC(C)(C)C)[nH]4)c(F)c3)cc2F)[nH]1. The molecule has 4 aromatic rings. The molecule has 2 saturated heterocycles. The van der Waals surface area contributed by atoms with Gasteiger partial charge >= 0.3 is 12.2 Å². The van der Waals surface area contributed by atoms with Crippen LogP contribution in [0.25, 0.3) is 33.6 Å². The molecule has 1 unspecified atom stereocenters. The topological polar surface area (TPSA) is 149 Å². The van der Waals surface area contributed by atoms with Gasteiger partial charge in [0.05, 0.1) is 49.0 Å². The molecular formula is C38H47F2N7O5. The molecule has 2 fully saturated rings. The molecule has 2 aliphatic heterocycles. The van der Waals surface area contributed by atoms with Crippen molar-refractivity contribution in [2.75, 3.05) is 20.2 Å². The van der Waals surface area contributed by atoms with E-state index >= 15 is 8.78 Å². The molecule has 14 heteroatoms. The summed E-state index contributed by atoms with van der Waals surface area (Å²) in [5.41, 5.74) is 1.92. The van der Waals surface area contributed by atoms with E-state index in [0.717, 1.165) is 19.3 Å². The summed E-state index contributed by atoms with van der Waals surface area (Å²) in [6, 6.07) is 8.30. The number of carbonyl (C=O) groups is 2. The van der Waals surface area contributed by atoms with Gasteiger partial charge in [-0.1, -0.05) is 26.0 Å². The predicted molar refractivity (Wildman–Crippen MR) is 191 cm³/mol. The van der Waals surface area contributed by atoms with E-state index in [2.05, 4.69) is 25.3 Å². The fraction of sp³-hybridized carbons (Fsp3) is 0.474. The Kier molecular flexibility index (Phi) is 10.7. The van der Waals surface area contributed by atoms with Gasteiger partial charge in [0.15, 0.2) is 0 Å². The summed E-state index contributed by atoms with van der Waals surface area (Å²) < 4.78 is 41.5. The number of halogens is 2. The van der Waals surface area contributed by atoms with Crippen molar-refractivity contribution in [1.82, 2.24) is 35.1 Å². The third-order valence-electron chi connectivity index (χ3n) is 9.70. The summed E-state index contributed by atoms with van der Waals surface area (Å²) >= 11 is 0. The van der Waals surface area contributed by atoms with Crippen LogP contribution in [0.2, 0.25) is 0 Å². The van der Waals surface area contributed by atoms with E-state index in [1.54, 1.807) is 41.6 Å². The number of hydrogen-bond donors (Lipinski definition) is 4. The van der Waals surface area contributed by atoms with E-state index in [1.165, 1.54) is 19.2 Å². The van der Waals surface area contributed by atoms with Gasteiger partial charge in [-0.25, -0.2) is 28.3 Å². The van der Waals surface area contributed by atoms with Gasteiger partial charge in [0, 0.05) is 24.2 Å². The first-order valence-corrected chi connectivity index (χ1v) is 17.7. The average molecular weight is 720 g/mol. The number of nitrogens with zero attached hydrogens (tertiary/aromatic N) is 4. The van der Waals surface area contributed by atoms with E-state index in [1.807, 2.05) is 39.5 Å². The third kappa shape index (κ3) is 7.82. The van der Waals surface area contributed by atoms with Gasteiger partial charge in [-0.15, -0.1) is 0 Å². The number of carbonyl (C=O) groups excluding carboxylic acids is 2. The molecule has 278 valence electrons. The normalized spacial score (nSPS) is 19.2. The first-order valence-electron chi connectivity index (χ1n) is 17.7. The first-order chi connectivity index (χ1) is 24.7. The molecule has 2 amide bonds. The number of ether oxygens (including phenoxy) is 2. The van der Waals surface area contributed by atoms with Crippen molar-refractivity contribution in [3.05, 3.63) is 72.1 Å². The third-order valence-corrected chi connectivity index (χ3v) is 9.70. The molecule has 4 N–H and O–H groups in total. The lowest BCUT2D eigenvalue weighted by Gasteiger charge is -2.35. The van der Waals surface area contributed by atoms with Crippen LogP contribution in [0.5, 0.6) is 0 Å². The molecule has 0 aliphatic carbocycles. The van der Waals surface area contributed by atoms with Crippen LogP contribution in [0.15, 0.2) is 48.8 Å². The number of benzene rings is 2. The number of nitrogens with one attached hydrogen (secondary N) is 3. The molecule has 4 atom stereocenters. The van der Waals surface area contributed by atoms with Crippen LogP contribution in [0.3, 0.4) is 0 Å². The van der Waals surface area contributed by atoms with Crippen LogP contribution >= 0.6 is 0 Å². The highest BCUT2D eigenvalue weighted by atomic mass is 19.1. The van der Waals surface area contributed by atoms with E-state index in [4.69, 9.17) is 9.47 Å². The fourth-order valence-electron chi connectivity index (χ4n) is 7.09. The Hall–Kier alpha value is -4.82. The fourth-order valence-corrected chi connectivity index (χ4v) is 7.09. The lowest BCUT2D eigenvalue weighted by molar-refractivity contribution is -0.0440. The maximum Gasteiger partial charge on any atom is 0.410 e. The van der Waals surface area contributed by atoms with Crippen molar-refractivity contribution in [2.24, 2.45) is 5.92 Å². The maximum absolute atomic E-state index is 15.6. The average Bonchev–Trinajstić information content (AvgIpc) is 3.92. The van der Waals surface area contributed by atoms with Crippen molar-refractivity contribution < 1.29 is 33.0 Å². The largest absolute Gasteiger partial charge is 0.453 e. The molecule has 0 saturated carbocycles. The predicted octanol–water partition coefficient (Wildman–Crippen LogP) is 7.32. The lowest BCUT2D eigenvalue weighted by Crippen LogP contribution is -2.54. The quantitative estimate of drug-likeness (QED) is 0.141. The molecular weight excluding hydrogens is 672 g/mol.